The van der Waals surface area contributed by atoms with Crippen molar-refractivity contribution < 1.29 is 18.1 Å². The summed E-state index contributed by atoms with van der Waals surface area (Å²) in [5.41, 5.74) is 0.587. The zero-order valence-corrected chi connectivity index (χ0v) is 14.8. The second-order valence-corrected chi connectivity index (χ2v) is 7.60. The highest BCUT2D eigenvalue weighted by atomic mass is 32.3. The van der Waals surface area contributed by atoms with Gasteiger partial charge in [-0.3, -0.25) is 4.79 Å². The Bertz CT molecular complexity index is 852. The van der Waals surface area contributed by atoms with Gasteiger partial charge >= 0.3 is 0 Å². The lowest BCUT2D eigenvalue weighted by Gasteiger charge is -2.30. The summed E-state index contributed by atoms with van der Waals surface area (Å²) in [6, 6.07) is 0. The molecule has 1 amide bonds. The number of sulfonamides is 1. The molecule has 3 rings (SSSR count). The molecule has 0 saturated carbocycles. The van der Waals surface area contributed by atoms with Crippen LogP contribution in [0.25, 0.3) is 0 Å². The molecule has 0 saturated heterocycles. The minimum atomic E-state index is -3.74. The number of hydrogen-bond acceptors (Lipinski definition) is 6. The van der Waals surface area contributed by atoms with E-state index in [0.29, 0.717) is 24.6 Å². The van der Waals surface area contributed by atoms with E-state index >= 15 is 0 Å². The van der Waals surface area contributed by atoms with E-state index in [4.69, 9.17) is 4.52 Å². The maximum atomic E-state index is 12.9. The topological polar surface area (TPSA) is 116 Å². The van der Waals surface area contributed by atoms with Gasteiger partial charge in [0.25, 0.3) is 5.91 Å². The van der Waals surface area contributed by atoms with Gasteiger partial charge < -0.3 is 19.0 Å². The Hall–Kier alpha value is -2.30. The van der Waals surface area contributed by atoms with Crippen LogP contribution in [0.15, 0.2) is 28.3 Å². The molecule has 0 radical (unpaired) electrons. The van der Waals surface area contributed by atoms with Crippen LogP contribution in [-0.2, 0) is 27.7 Å². The smallest absolute Gasteiger partial charge is 0.271 e. The summed E-state index contributed by atoms with van der Waals surface area (Å²) in [5.74, 6) is 0.461. The largest absolute Gasteiger partial charge is 0.593 e. The van der Waals surface area contributed by atoms with Gasteiger partial charge in [-0.25, -0.2) is 4.98 Å². The normalized spacial score (nSPS) is 16.9. The molecule has 2 aromatic heterocycles. The highest BCUT2D eigenvalue weighted by Crippen LogP contribution is 2.30. The van der Waals surface area contributed by atoms with Crippen molar-refractivity contribution in [3.8, 4) is 0 Å². The zero-order chi connectivity index (χ0) is 18.2. The van der Waals surface area contributed by atoms with E-state index in [1.54, 1.807) is 30.7 Å². The highest BCUT2D eigenvalue weighted by molar-refractivity contribution is 7.95. The molecular formula is C15H19N5O4S. The fourth-order valence-corrected chi connectivity index (χ4v) is 4.45. The minimum Gasteiger partial charge on any atom is -0.593 e. The van der Waals surface area contributed by atoms with E-state index < -0.39 is 10.4 Å². The van der Waals surface area contributed by atoms with Gasteiger partial charge in [-0.05, 0) is 6.92 Å². The van der Waals surface area contributed by atoms with Gasteiger partial charge in [-0.2, -0.15) is 0 Å². The Balaban J connectivity index is 1.84. The van der Waals surface area contributed by atoms with Crippen LogP contribution in [0.5, 0.6) is 0 Å². The number of nitrogens with zero attached hydrogens (tertiary/aromatic N) is 4. The van der Waals surface area contributed by atoms with Crippen molar-refractivity contribution >= 4 is 16.3 Å². The third-order valence-electron chi connectivity index (χ3n) is 3.97. The first kappa shape index (κ1) is 17.5. The SMILES string of the molecule is C=CCNC(=O)c1cn2c(n1)CN([S+](=O)([O-])c1c(C)noc1C)CC2. The number of carbonyl (C=O) groups is 1. The van der Waals surface area contributed by atoms with Gasteiger partial charge in [0.15, 0.2) is 16.2 Å². The molecule has 0 aromatic carbocycles. The van der Waals surface area contributed by atoms with E-state index in [1.165, 1.54) is 4.31 Å². The minimum absolute atomic E-state index is 0.0845. The van der Waals surface area contributed by atoms with Crippen molar-refractivity contribution in [2.45, 2.75) is 31.8 Å². The molecule has 3 heterocycles. The number of rotatable bonds is 5. The number of aromatic nitrogens is 3. The molecule has 1 aliphatic heterocycles. The van der Waals surface area contributed by atoms with Gasteiger partial charge in [0, 0.05) is 26.2 Å². The Morgan fingerprint density at radius 1 is 1.52 bits per heavy atom. The van der Waals surface area contributed by atoms with E-state index in [0.717, 1.165) is 0 Å². The zero-order valence-electron chi connectivity index (χ0n) is 14.0. The number of hydrogen-bond donors (Lipinski definition) is 1. The molecule has 0 spiro atoms. The molecule has 0 fully saturated rings. The van der Waals surface area contributed by atoms with Crippen LogP contribution in [0.1, 0.15) is 27.8 Å². The molecule has 1 N–H and O–H groups in total. The molecule has 0 aliphatic carbocycles. The molecule has 1 unspecified atom stereocenters. The Labute approximate surface area is 146 Å². The molecule has 0 bridgehead atoms. The lowest BCUT2D eigenvalue weighted by atomic mass is 10.4. The summed E-state index contributed by atoms with van der Waals surface area (Å²) in [6.45, 7) is 7.83. The van der Waals surface area contributed by atoms with Crippen molar-refractivity contribution in [1.29, 1.82) is 0 Å². The Kier molecular flexibility index (Phi) is 4.58. The third kappa shape index (κ3) is 3.15. The molecule has 25 heavy (non-hydrogen) atoms. The van der Waals surface area contributed by atoms with Crippen molar-refractivity contribution in [3.05, 3.63) is 41.8 Å². The average Bonchev–Trinajstić information content (AvgIpc) is 3.15. The molecule has 10 heteroatoms. The summed E-state index contributed by atoms with van der Waals surface area (Å²) in [5, 5.41) is 6.37. The molecule has 1 atom stereocenters. The molecule has 134 valence electrons. The second kappa shape index (κ2) is 6.54. The number of fused-ring (bicyclic) bond motifs is 1. The molecule has 9 nitrogen and oxygen atoms in total. The van der Waals surface area contributed by atoms with E-state index in [1.807, 2.05) is 0 Å². The second-order valence-electron chi connectivity index (χ2n) is 5.73. The predicted molar refractivity (Wildman–Crippen MR) is 88.2 cm³/mol. The first-order valence-corrected chi connectivity index (χ1v) is 9.16. The predicted octanol–water partition coefficient (Wildman–Crippen LogP) is 0.823. The summed E-state index contributed by atoms with van der Waals surface area (Å²) in [4.78, 5) is 16.3. The number of imidazole rings is 1. The maximum absolute atomic E-state index is 12.9. The summed E-state index contributed by atoms with van der Waals surface area (Å²) in [6.07, 6.45) is 3.21. The lowest BCUT2D eigenvalue weighted by Crippen LogP contribution is -2.42. The molecular weight excluding hydrogens is 346 g/mol. The van der Waals surface area contributed by atoms with Gasteiger partial charge in [0.1, 0.15) is 23.8 Å². The first-order valence-electron chi connectivity index (χ1n) is 7.72. The molecule has 2 aromatic rings. The van der Waals surface area contributed by atoms with Gasteiger partial charge in [0.2, 0.25) is 4.90 Å². The third-order valence-corrected chi connectivity index (χ3v) is 6.06. The monoisotopic (exact) mass is 365 g/mol. The number of nitrogens with one attached hydrogen (secondary N) is 1. The van der Waals surface area contributed by atoms with Gasteiger partial charge in [-0.1, -0.05) is 15.4 Å². The van der Waals surface area contributed by atoms with Crippen molar-refractivity contribution in [2.24, 2.45) is 0 Å². The van der Waals surface area contributed by atoms with Crippen molar-refractivity contribution in [3.63, 3.8) is 0 Å². The quantitative estimate of drug-likeness (QED) is 0.619. The maximum Gasteiger partial charge on any atom is 0.271 e. The van der Waals surface area contributed by atoms with Crippen LogP contribution in [-0.4, -0.2) is 42.6 Å². The van der Waals surface area contributed by atoms with Crippen LogP contribution < -0.4 is 5.32 Å². The van der Waals surface area contributed by atoms with Crippen molar-refractivity contribution in [2.75, 3.05) is 13.1 Å². The van der Waals surface area contributed by atoms with Crippen LogP contribution >= 0.6 is 0 Å². The van der Waals surface area contributed by atoms with E-state index in [2.05, 4.69) is 22.0 Å². The van der Waals surface area contributed by atoms with Crippen molar-refractivity contribution in [1.82, 2.24) is 24.3 Å². The molecule has 1 aliphatic rings. The summed E-state index contributed by atoms with van der Waals surface area (Å²) >= 11 is 0. The van der Waals surface area contributed by atoms with Crippen LogP contribution in [0.3, 0.4) is 0 Å². The lowest BCUT2D eigenvalue weighted by molar-refractivity contribution is 0.0953. The number of amides is 1. The number of carbonyl (C=O) groups excluding carboxylic acids is 1. The first-order chi connectivity index (χ1) is 11.8. The van der Waals surface area contributed by atoms with E-state index in [9.17, 15) is 13.6 Å². The van der Waals surface area contributed by atoms with Crippen LogP contribution in [0.4, 0.5) is 0 Å². The average molecular weight is 365 g/mol. The van der Waals surface area contributed by atoms with Crippen LogP contribution in [0, 0.1) is 13.8 Å². The summed E-state index contributed by atoms with van der Waals surface area (Å²) in [7, 11) is -3.74. The van der Waals surface area contributed by atoms with Crippen LogP contribution in [0.2, 0.25) is 0 Å². The van der Waals surface area contributed by atoms with Gasteiger partial charge in [-0.15, -0.1) is 10.9 Å². The standard InChI is InChI=1S/C15H19N5O4S/c1-4-5-16-15(21)12-8-19-6-7-20(9-13(19)17-12)25(22,23)14-10(2)18-24-11(14)3/h4,8H,1,5-7,9H2,2-3H3,(H-,16,21,22,23). The Morgan fingerprint density at radius 2 is 2.28 bits per heavy atom. The Morgan fingerprint density at radius 3 is 2.92 bits per heavy atom. The fraction of sp³-hybridized carbons (Fsp3) is 0.400. The van der Waals surface area contributed by atoms with E-state index in [-0.39, 0.29) is 35.3 Å². The summed E-state index contributed by atoms with van der Waals surface area (Å²) < 4.78 is 33.9. The van der Waals surface area contributed by atoms with Gasteiger partial charge in [0.05, 0.1) is 6.54 Å². The fourth-order valence-electron chi connectivity index (χ4n) is 2.77. The highest BCUT2D eigenvalue weighted by Gasteiger charge is 2.39. The number of aryl methyl sites for hydroxylation is 2.